The van der Waals surface area contributed by atoms with Gasteiger partial charge in [0.25, 0.3) is 0 Å². The molecule has 0 aliphatic rings. The maximum absolute atomic E-state index is 6.91. The normalized spacial score (nSPS) is 12.3. The molecule has 0 atom stereocenters. The van der Waals surface area contributed by atoms with Gasteiger partial charge in [-0.3, -0.25) is 0 Å². The molecule has 3 aromatic heterocycles. The van der Waals surface area contributed by atoms with E-state index in [-0.39, 0.29) is 42.7 Å². The van der Waals surface area contributed by atoms with Gasteiger partial charge < -0.3 is 13.9 Å². The van der Waals surface area contributed by atoms with Gasteiger partial charge in [0.15, 0.2) is 0 Å². The molecule has 0 aliphatic heterocycles. The zero-order chi connectivity index (χ0) is 50.0. The molecule has 0 bridgehead atoms. The molecule has 10 rings (SSSR count). The van der Waals surface area contributed by atoms with E-state index in [4.69, 9.17) is 14.8 Å². The van der Waals surface area contributed by atoms with Crippen LogP contribution in [0.25, 0.3) is 72.6 Å². The minimum atomic E-state index is -0.249. The third kappa shape index (κ3) is 9.87. The fraction of sp³-hybridized carbons (Fsp3) is 0.246. The quantitative estimate of drug-likeness (QED) is 0.113. The SMILES string of the molecule is CC(C)(C)c1cc(Oc2[c-]c3c(cc2)c2ccccc2n3-c2cc(C(C)(C)C)ccn2)[c-]c(-n2[c-][n+](-c3cc(C(C)(C)C)cc(C(C)(C)C)c3)c(-c3c(-c4ccccc4)cccc3-c3ccccc3)n2)c1.[Pt]. The van der Waals surface area contributed by atoms with Crippen molar-refractivity contribution in [2.24, 2.45) is 0 Å². The van der Waals surface area contributed by atoms with Gasteiger partial charge in [-0.25, -0.2) is 4.98 Å². The molecule has 0 saturated heterocycles. The van der Waals surface area contributed by atoms with Crippen LogP contribution in [0.15, 0.2) is 164 Å². The molecule has 7 heteroatoms. The van der Waals surface area contributed by atoms with Crippen LogP contribution in [0.4, 0.5) is 0 Å². The summed E-state index contributed by atoms with van der Waals surface area (Å²) >= 11 is 0. The van der Waals surface area contributed by atoms with Gasteiger partial charge >= 0.3 is 0 Å². The number of hydrogen-bond donors (Lipinski definition) is 0. The van der Waals surface area contributed by atoms with Crippen molar-refractivity contribution in [3.8, 4) is 62.3 Å². The summed E-state index contributed by atoms with van der Waals surface area (Å²) < 4.78 is 13.1. The molecule has 0 spiro atoms. The van der Waals surface area contributed by atoms with Gasteiger partial charge in [-0.2, -0.15) is 22.4 Å². The summed E-state index contributed by atoms with van der Waals surface area (Å²) in [6, 6.07) is 63.2. The molecule has 0 unspecified atom stereocenters. The second kappa shape index (κ2) is 18.9. The van der Waals surface area contributed by atoms with Crippen LogP contribution in [0.1, 0.15) is 105 Å². The summed E-state index contributed by atoms with van der Waals surface area (Å²) in [6.45, 7) is 27.0. The third-order valence-corrected chi connectivity index (χ3v) is 13.5. The Morgan fingerprint density at radius 1 is 0.500 bits per heavy atom. The number of ether oxygens (including phenoxy) is 1. The standard InChI is InChI=1S/C65H63N5O.Pt/c1-62(2,3)45-32-33-66-59(39-45)70-57-29-20-19-26-55(57)56-31-30-51(41-58(56)70)71-52-38-48(65(10,11)12)37-50(40-52)69-42-68(49-35-46(63(4,5)6)34-47(36-49)64(7,8)9)61(67-69)60-53(43-22-15-13-16-23-43)27-21-28-54(60)44-24-17-14-18-25-44;/h13-39H,1-12H3;/q-2;. The first-order valence-corrected chi connectivity index (χ1v) is 24.7. The second-order valence-electron chi connectivity index (χ2n) is 23.0. The molecular weight excluding hydrogens is 1060 g/mol. The maximum atomic E-state index is 6.91. The van der Waals surface area contributed by atoms with Crippen molar-refractivity contribution in [2.75, 3.05) is 0 Å². The molecule has 0 aliphatic carbocycles. The summed E-state index contributed by atoms with van der Waals surface area (Å²) in [6.07, 6.45) is 5.70. The van der Waals surface area contributed by atoms with E-state index in [0.717, 1.165) is 72.5 Å². The van der Waals surface area contributed by atoms with Crippen LogP contribution in [0.2, 0.25) is 0 Å². The average Bonchev–Trinajstić information content (AvgIpc) is 3.93. The zero-order valence-corrected chi connectivity index (χ0v) is 45.8. The molecule has 72 heavy (non-hydrogen) atoms. The van der Waals surface area contributed by atoms with Crippen LogP contribution in [-0.4, -0.2) is 19.3 Å². The van der Waals surface area contributed by atoms with E-state index in [1.54, 1.807) is 0 Å². The number of aromatic nitrogens is 5. The number of para-hydroxylation sites is 1. The van der Waals surface area contributed by atoms with Crippen molar-refractivity contribution in [1.29, 1.82) is 0 Å². The molecule has 6 nitrogen and oxygen atoms in total. The monoisotopic (exact) mass is 1120 g/mol. The molecule has 0 fully saturated rings. The molecule has 7 aromatic carbocycles. The van der Waals surface area contributed by atoms with Gasteiger partial charge in [0, 0.05) is 55.5 Å². The molecule has 10 aromatic rings. The van der Waals surface area contributed by atoms with Crippen LogP contribution in [-0.2, 0) is 42.7 Å². The first kappa shape index (κ1) is 50.1. The molecule has 0 N–H and O–H groups in total. The minimum absolute atomic E-state index is 0. The Labute approximate surface area is 440 Å². The first-order valence-electron chi connectivity index (χ1n) is 24.7. The molecule has 3 heterocycles. The van der Waals surface area contributed by atoms with Gasteiger partial charge in [0.2, 0.25) is 12.2 Å². The first-order chi connectivity index (χ1) is 33.7. The Bertz CT molecular complexity index is 3510. The van der Waals surface area contributed by atoms with Gasteiger partial charge in [0.1, 0.15) is 5.82 Å². The van der Waals surface area contributed by atoms with Crippen LogP contribution >= 0.6 is 0 Å². The van der Waals surface area contributed by atoms with E-state index in [9.17, 15) is 0 Å². The minimum Gasteiger partial charge on any atom is -0.510 e. The topological polar surface area (TPSA) is 48.8 Å². The fourth-order valence-electron chi connectivity index (χ4n) is 9.30. The average molecular weight is 1130 g/mol. The van der Waals surface area contributed by atoms with Crippen molar-refractivity contribution in [3.05, 3.63) is 205 Å². The van der Waals surface area contributed by atoms with Crippen molar-refractivity contribution in [1.82, 2.24) is 19.3 Å². The smallest absolute Gasteiger partial charge is 0.233 e. The van der Waals surface area contributed by atoms with E-state index in [0.29, 0.717) is 17.2 Å². The fourth-order valence-corrected chi connectivity index (χ4v) is 9.30. The van der Waals surface area contributed by atoms with Crippen molar-refractivity contribution in [3.63, 3.8) is 0 Å². The molecule has 0 saturated carbocycles. The second-order valence-corrected chi connectivity index (χ2v) is 23.0. The van der Waals surface area contributed by atoms with Gasteiger partial charge in [-0.15, -0.1) is 29.7 Å². The third-order valence-electron chi connectivity index (χ3n) is 13.5. The van der Waals surface area contributed by atoms with Crippen LogP contribution in [0, 0.1) is 18.5 Å². The van der Waals surface area contributed by atoms with E-state index < -0.39 is 0 Å². The number of benzene rings is 7. The van der Waals surface area contributed by atoms with Crippen LogP contribution in [0.3, 0.4) is 0 Å². The Kier molecular flexibility index (Phi) is 13.2. The molecule has 0 radical (unpaired) electrons. The van der Waals surface area contributed by atoms with Gasteiger partial charge in [-0.05, 0) is 95.0 Å². The number of fused-ring (bicyclic) bond motifs is 3. The number of rotatable bonds is 8. The summed E-state index contributed by atoms with van der Waals surface area (Å²) in [5.41, 5.74) is 13.2. The zero-order valence-electron chi connectivity index (χ0n) is 43.5. The van der Waals surface area contributed by atoms with E-state index in [2.05, 4.69) is 262 Å². The summed E-state index contributed by atoms with van der Waals surface area (Å²) in [5, 5.41) is 7.81. The Morgan fingerprint density at radius 2 is 1.07 bits per heavy atom. The van der Waals surface area contributed by atoms with E-state index in [1.807, 2.05) is 16.9 Å². The van der Waals surface area contributed by atoms with Crippen LogP contribution in [0.5, 0.6) is 11.5 Å². The molecular formula is C65H63N5OPt-2. The summed E-state index contributed by atoms with van der Waals surface area (Å²) in [5.74, 6) is 2.71. The molecule has 0 amide bonds. The Morgan fingerprint density at radius 3 is 1.67 bits per heavy atom. The van der Waals surface area contributed by atoms with E-state index in [1.165, 1.54) is 16.7 Å². The summed E-state index contributed by atoms with van der Waals surface area (Å²) in [7, 11) is 0. The van der Waals surface area contributed by atoms with Crippen LogP contribution < -0.4 is 9.30 Å². The Balaban J connectivity index is 0.00000640. The van der Waals surface area contributed by atoms with Gasteiger partial charge in [0.05, 0.1) is 0 Å². The number of nitrogens with zero attached hydrogens (tertiary/aromatic N) is 5. The number of hydrogen-bond acceptors (Lipinski definition) is 3. The number of pyridine rings is 1. The maximum Gasteiger partial charge on any atom is 0.233 e. The predicted octanol–water partition coefficient (Wildman–Crippen LogP) is 16.0. The summed E-state index contributed by atoms with van der Waals surface area (Å²) in [4.78, 5) is 4.91. The molecule has 366 valence electrons. The predicted molar refractivity (Wildman–Crippen MR) is 291 cm³/mol. The van der Waals surface area contributed by atoms with Crippen molar-refractivity contribution < 1.29 is 30.4 Å². The van der Waals surface area contributed by atoms with Gasteiger partial charge in [-0.1, -0.05) is 204 Å². The Hall–Kier alpha value is -6.88. The van der Waals surface area contributed by atoms with E-state index >= 15 is 0 Å². The van der Waals surface area contributed by atoms with Crippen molar-refractivity contribution >= 4 is 21.8 Å². The van der Waals surface area contributed by atoms with Crippen molar-refractivity contribution in [2.45, 2.75) is 105 Å². The largest absolute Gasteiger partial charge is 0.510 e.